The fourth-order valence-electron chi connectivity index (χ4n) is 3.33. The molecule has 3 amide bonds. The maximum atomic E-state index is 12.7. The van der Waals surface area contributed by atoms with Crippen molar-refractivity contribution in [2.45, 2.75) is 58.0 Å². The molecule has 0 aliphatic carbocycles. The number of carboxylic acids is 1. The molecular weight excluding hydrogens is 298 g/mol. The number of amides is 3. The van der Waals surface area contributed by atoms with Crippen LogP contribution in [-0.2, 0) is 9.59 Å². The molecule has 0 aromatic rings. The number of rotatable bonds is 6. The number of likely N-dealkylation sites (tertiary alicyclic amines) is 1. The number of carbonyl (C=O) groups is 3. The van der Waals surface area contributed by atoms with E-state index in [9.17, 15) is 19.5 Å². The van der Waals surface area contributed by atoms with E-state index in [0.29, 0.717) is 18.8 Å². The Morgan fingerprint density at radius 3 is 2.39 bits per heavy atom. The Kier molecular flexibility index (Phi) is 5.29. The lowest BCUT2D eigenvalue weighted by Crippen LogP contribution is -2.55. The smallest absolute Gasteiger partial charge is 0.326 e. The van der Waals surface area contributed by atoms with E-state index in [0.717, 1.165) is 31.0 Å². The summed E-state index contributed by atoms with van der Waals surface area (Å²) in [4.78, 5) is 39.4. The van der Waals surface area contributed by atoms with Crippen LogP contribution in [0.4, 0.5) is 4.79 Å². The molecule has 0 aromatic heterocycles. The van der Waals surface area contributed by atoms with Crippen molar-refractivity contribution in [1.29, 1.82) is 0 Å². The molecule has 2 heterocycles. The zero-order chi connectivity index (χ0) is 17.2. The van der Waals surface area contributed by atoms with E-state index < -0.39 is 23.6 Å². The summed E-state index contributed by atoms with van der Waals surface area (Å²) in [5, 5.41) is 12.0. The van der Waals surface area contributed by atoms with Crippen molar-refractivity contribution in [3.63, 3.8) is 0 Å². The van der Waals surface area contributed by atoms with Crippen molar-refractivity contribution >= 4 is 17.9 Å². The Morgan fingerprint density at radius 2 is 1.91 bits per heavy atom. The maximum absolute atomic E-state index is 12.7. The van der Waals surface area contributed by atoms with Crippen molar-refractivity contribution < 1.29 is 19.5 Å². The van der Waals surface area contributed by atoms with Crippen LogP contribution in [0.25, 0.3) is 0 Å². The summed E-state index contributed by atoms with van der Waals surface area (Å²) in [6.07, 6.45) is 2.41. The highest BCUT2D eigenvalue weighted by Crippen LogP contribution is 2.31. The van der Waals surface area contributed by atoms with E-state index in [-0.39, 0.29) is 12.3 Å². The summed E-state index contributed by atoms with van der Waals surface area (Å²) >= 11 is 0. The van der Waals surface area contributed by atoms with Crippen LogP contribution < -0.4 is 5.32 Å². The van der Waals surface area contributed by atoms with E-state index in [1.807, 2.05) is 0 Å². The average Bonchev–Trinajstić information content (AvgIpc) is 2.72. The Hall–Kier alpha value is -1.63. The quantitative estimate of drug-likeness (QED) is 0.718. The van der Waals surface area contributed by atoms with E-state index in [1.165, 1.54) is 0 Å². The van der Waals surface area contributed by atoms with Crippen molar-refractivity contribution in [2.75, 3.05) is 19.6 Å². The predicted molar refractivity (Wildman–Crippen MR) is 85.0 cm³/mol. The number of nitrogens with one attached hydrogen (secondary N) is 1. The van der Waals surface area contributed by atoms with Crippen molar-refractivity contribution in [2.24, 2.45) is 5.92 Å². The van der Waals surface area contributed by atoms with Gasteiger partial charge in [0.2, 0.25) is 0 Å². The molecule has 2 rings (SSSR count). The topological polar surface area (TPSA) is 89.9 Å². The fourth-order valence-corrected chi connectivity index (χ4v) is 3.33. The molecule has 0 radical (unpaired) electrons. The highest BCUT2D eigenvalue weighted by molar-refractivity contribution is 6.09. The summed E-state index contributed by atoms with van der Waals surface area (Å²) in [6.45, 7) is 8.51. The van der Waals surface area contributed by atoms with E-state index >= 15 is 0 Å². The number of carboxylic acid groups (broad SMARTS) is 1. The number of hydrogen-bond donors (Lipinski definition) is 2. The van der Waals surface area contributed by atoms with Gasteiger partial charge in [0.25, 0.3) is 5.91 Å². The first kappa shape index (κ1) is 17.7. The molecule has 1 spiro atoms. The molecule has 2 aliphatic heterocycles. The molecule has 1 atom stereocenters. The van der Waals surface area contributed by atoms with Gasteiger partial charge in [-0.2, -0.15) is 0 Å². The summed E-state index contributed by atoms with van der Waals surface area (Å²) in [7, 11) is 0. The third kappa shape index (κ3) is 3.49. The van der Waals surface area contributed by atoms with Gasteiger partial charge in [0.15, 0.2) is 0 Å². The van der Waals surface area contributed by atoms with E-state index in [2.05, 4.69) is 24.1 Å². The molecule has 2 fully saturated rings. The number of aliphatic carboxylic acids is 1. The largest absolute Gasteiger partial charge is 0.480 e. The van der Waals surface area contributed by atoms with Gasteiger partial charge in [0, 0.05) is 13.1 Å². The van der Waals surface area contributed by atoms with Gasteiger partial charge in [-0.3, -0.25) is 4.79 Å². The molecule has 0 bridgehead atoms. The molecule has 2 saturated heterocycles. The van der Waals surface area contributed by atoms with Crippen LogP contribution >= 0.6 is 0 Å². The van der Waals surface area contributed by atoms with Crippen LogP contribution in [0.1, 0.15) is 46.5 Å². The van der Waals surface area contributed by atoms with Crippen molar-refractivity contribution in [1.82, 2.24) is 15.1 Å². The van der Waals surface area contributed by atoms with Gasteiger partial charge in [0.05, 0.1) is 0 Å². The lowest BCUT2D eigenvalue weighted by molar-refractivity contribution is -0.148. The zero-order valence-corrected chi connectivity index (χ0v) is 14.2. The molecule has 1 unspecified atom stereocenters. The molecule has 0 saturated carbocycles. The van der Waals surface area contributed by atoms with Gasteiger partial charge in [-0.05, 0) is 38.1 Å². The molecule has 130 valence electrons. The number of piperidine rings is 1. The lowest BCUT2D eigenvalue weighted by Gasteiger charge is -2.37. The lowest BCUT2D eigenvalue weighted by atomic mass is 9.87. The minimum atomic E-state index is -1.14. The average molecular weight is 325 g/mol. The summed E-state index contributed by atoms with van der Waals surface area (Å²) < 4.78 is 0. The van der Waals surface area contributed by atoms with Gasteiger partial charge in [-0.1, -0.05) is 20.8 Å². The van der Waals surface area contributed by atoms with Gasteiger partial charge in [-0.15, -0.1) is 0 Å². The standard InChI is InChI=1S/C16H27N3O4/c1-4-12(13(20)21)19-14(22)16(17-15(19)23)6-9-18(10-7-16)8-5-11(2)3/h11-12H,4-10H2,1-3H3,(H,17,23)(H,20,21). The second-order valence-electron chi connectivity index (χ2n) is 6.97. The van der Waals surface area contributed by atoms with E-state index in [1.54, 1.807) is 6.92 Å². The fraction of sp³-hybridized carbons (Fsp3) is 0.812. The SMILES string of the molecule is CCC(C(=O)O)N1C(=O)NC2(CCN(CCC(C)C)CC2)C1=O. The van der Waals surface area contributed by atoms with Gasteiger partial charge in [-0.25, -0.2) is 14.5 Å². The molecule has 2 aliphatic rings. The third-order valence-electron chi connectivity index (χ3n) is 4.91. The highest BCUT2D eigenvalue weighted by atomic mass is 16.4. The second kappa shape index (κ2) is 6.86. The number of nitrogens with zero attached hydrogens (tertiary/aromatic N) is 2. The Bertz CT molecular complexity index is 484. The first-order valence-corrected chi connectivity index (χ1v) is 8.41. The number of hydrogen-bond acceptors (Lipinski definition) is 4. The van der Waals surface area contributed by atoms with E-state index in [4.69, 9.17) is 0 Å². The van der Waals surface area contributed by atoms with Crippen LogP contribution in [0.3, 0.4) is 0 Å². The summed E-state index contributed by atoms with van der Waals surface area (Å²) in [5.41, 5.74) is -0.908. The highest BCUT2D eigenvalue weighted by Gasteiger charge is 2.54. The first-order valence-electron chi connectivity index (χ1n) is 8.41. The monoisotopic (exact) mass is 325 g/mol. The van der Waals surface area contributed by atoms with Crippen LogP contribution in [0.2, 0.25) is 0 Å². The third-order valence-corrected chi connectivity index (χ3v) is 4.91. The number of imide groups is 1. The molecule has 2 N–H and O–H groups in total. The molecule has 23 heavy (non-hydrogen) atoms. The van der Waals surface area contributed by atoms with Gasteiger partial charge >= 0.3 is 12.0 Å². The number of carbonyl (C=O) groups excluding carboxylic acids is 2. The minimum absolute atomic E-state index is 0.213. The van der Waals surface area contributed by atoms with Crippen LogP contribution in [0, 0.1) is 5.92 Å². The van der Waals surface area contributed by atoms with Crippen LogP contribution in [0.15, 0.2) is 0 Å². The Balaban J connectivity index is 2.04. The Labute approximate surface area is 137 Å². The summed E-state index contributed by atoms with van der Waals surface area (Å²) in [5.74, 6) is -0.877. The summed E-state index contributed by atoms with van der Waals surface area (Å²) in [6, 6.07) is -1.65. The Morgan fingerprint density at radius 1 is 1.30 bits per heavy atom. The molecule has 7 nitrogen and oxygen atoms in total. The molecule has 7 heteroatoms. The van der Waals surface area contributed by atoms with Gasteiger partial charge in [0.1, 0.15) is 11.6 Å². The van der Waals surface area contributed by atoms with Crippen LogP contribution in [0.5, 0.6) is 0 Å². The maximum Gasteiger partial charge on any atom is 0.326 e. The number of urea groups is 1. The zero-order valence-electron chi connectivity index (χ0n) is 14.2. The van der Waals surface area contributed by atoms with Gasteiger partial charge < -0.3 is 15.3 Å². The first-order chi connectivity index (χ1) is 10.8. The minimum Gasteiger partial charge on any atom is -0.480 e. The normalized spacial score (nSPS) is 22.7. The molecule has 0 aromatic carbocycles. The second-order valence-corrected chi connectivity index (χ2v) is 6.97. The van der Waals surface area contributed by atoms with Crippen molar-refractivity contribution in [3.8, 4) is 0 Å². The molecular formula is C16H27N3O4. The van der Waals surface area contributed by atoms with Crippen LogP contribution in [-0.4, -0.2) is 64.0 Å². The predicted octanol–water partition coefficient (Wildman–Crippen LogP) is 1.28. The van der Waals surface area contributed by atoms with Crippen molar-refractivity contribution in [3.05, 3.63) is 0 Å².